The fraction of sp³-hybridized carbons (Fsp3) is 0.261. The van der Waals surface area contributed by atoms with Crippen LogP contribution in [0.25, 0.3) is 11.3 Å². The highest BCUT2D eigenvalue weighted by molar-refractivity contribution is 6.36. The summed E-state index contributed by atoms with van der Waals surface area (Å²) in [4.78, 5) is 14.9. The summed E-state index contributed by atoms with van der Waals surface area (Å²) >= 11 is 12.4. The van der Waals surface area contributed by atoms with Crippen molar-refractivity contribution in [1.82, 2.24) is 10.2 Å². The summed E-state index contributed by atoms with van der Waals surface area (Å²) in [6, 6.07) is 17.2. The second-order valence-electron chi connectivity index (χ2n) is 7.78. The number of Topliss-reactive ketones (excluding diaryl/α,β-unsaturated/α-hetero) is 1. The number of hydrogen-bond donors (Lipinski definition) is 0. The summed E-state index contributed by atoms with van der Waals surface area (Å²) in [6.07, 6.45) is 1.75. The first kappa shape index (κ1) is 19.3. The van der Waals surface area contributed by atoms with Gasteiger partial charge in [0.1, 0.15) is 11.4 Å². The van der Waals surface area contributed by atoms with Crippen LogP contribution in [0.3, 0.4) is 0 Å². The molecule has 0 radical (unpaired) electrons. The van der Waals surface area contributed by atoms with E-state index in [9.17, 15) is 4.79 Å². The van der Waals surface area contributed by atoms with Crippen molar-refractivity contribution < 1.29 is 9.53 Å². The van der Waals surface area contributed by atoms with E-state index in [4.69, 9.17) is 27.9 Å². The van der Waals surface area contributed by atoms with Crippen LogP contribution in [0.1, 0.15) is 29.6 Å². The minimum Gasteiger partial charge on any atom is -0.484 e. The van der Waals surface area contributed by atoms with E-state index in [1.165, 1.54) is 0 Å². The Kier molecular flexibility index (Phi) is 4.88. The molecular formula is C23H19Cl2N3O2. The van der Waals surface area contributed by atoms with E-state index in [-0.39, 0.29) is 5.78 Å². The Morgan fingerprint density at radius 3 is 2.43 bits per heavy atom. The summed E-state index contributed by atoms with van der Waals surface area (Å²) < 4.78 is 6.30. The number of ether oxygens (including phenoxy) is 1. The third kappa shape index (κ3) is 3.53. The lowest BCUT2D eigenvalue weighted by molar-refractivity contribution is 0.0232. The highest BCUT2D eigenvalue weighted by Gasteiger charge is 2.44. The van der Waals surface area contributed by atoms with E-state index >= 15 is 0 Å². The van der Waals surface area contributed by atoms with Gasteiger partial charge in [-0.1, -0.05) is 53.5 Å². The van der Waals surface area contributed by atoms with Gasteiger partial charge >= 0.3 is 0 Å². The Bertz CT molecular complexity index is 1100. The summed E-state index contributed by atoms with van der Waals surface area (Å²) in [5.74, 6) is 1.32. The van der Waals surface area contributed by atoms with Gasteiger partial charge in [-0.25, -0.2) is 0 Å². The summed E-state index contributed by atoms with van der Waals surface area (Å²) in [5, 5.41) is 9.63. The van der Waals surface area contributed by atoms with E-state index in [1.807, 2.05) is 42.5 Å². The first-order valence-electron chi connectivity index (χ1n) is 9.88. The highest BCUT2D eigenvalue weighted by atomic mass is 35.5. The molecule has 152 valence electrons. The molecule has 0 unspecified atom stereocenters. The number of anilines is 1. The molecule has 0 bridgehead atoms. The smallest absolute Gasteiger partial charge is 0.170 e. The summed E-state index contributed by atoms with van der Waals surface area (Å²) in [6.45, 7) is 1.46. The Morgan fingerprint density at radius 1 is 0.967 bits per heavy atom. The Balaban J connectivity index is 1.31. The van der Waals surface area contributed by atoms with Crippen LogP contribution in [0.5, 0.6) is 5.75 Å². The molecule has 3 heterocycles. The number of nitrogens with zero attached hydrogens (tertiary/aromatic N) is 3. The van der Waals surface area contributed by atoms with E-state index < -0.39 is 5.60 Å². The zero-order valence-electron chi connectivity index (χ0n) is 16.1. The van der Waals surface area contributed by atoms with Crippen LogP contribution in [-0.4, -0.2) is 34.7 Å². The standard InChI is InChI=1S/C23H19Cl2N3O2/c24-16-12-17-20(29)14-23(30-22(17)18(25)13-16)8-10-28(11-9-23)21-7-6-19(26-27-21)15-4-2-1-3-5-15/h1-7,12-13H,8-11,14H2. The molecule has 2 aliphatic heterocycles. The number of hydrogen-bond acceptors (Lipinski definition) is 5. The van der Waals surface area contributed by atoms with Crippen LogP contribution in [0, 0.1) is 0 Å². The molecule has 3 aromatic rings. The average Bonchev–Trinajstić information content (AvgIpc) is 2.76. The first-order valence-corrected chi connectivity index (χ1v) is 10.6. The van der Waals surface area contributed by atoms with Crippen molar-refractivity contribution in [1.29, 1.82) is 0 Å². The molecule has 2 aliphatic rings. The predicted octanol–water partition coefficient (Wildman–Crippen LogP) is 5.45. The SMILES string of the molecule is O=C1CC2(CCN(c3ccc(-c4ccccc4)nn3)CC2)Oc2c(Cl)cc(Cl)cc21. The molecule has 5 rings (SSSR count). The zero-order valence-corrected chi connectivity index (χ0v) is 17.7. The average molecular weight is 440 g/mol. The van der Waals surface area contributed by atoms with Gasteiger partial charge in [0.05, 0.1) is 22.7 Å². The fourth-order valence-corrected chi connectivity index (χ4v) is 4.72. The van der Waals surface area contributed by atoms with Gasteiger partial charge in [0.15, 0.2) is 11.6 Å². The fourth-order valence-electron chi connectivity index (χ4n) is 4.19. The number of ketones is 1. The molecule has 0 amide bonds. The number of halogens is 2. The van der Waals surface area contributed by atoms with Crippen molar-refractivity contribution in [3.63, 3.8) is 0 Å². The van der Waals surface area contributed by atoms with Crippen LogP contribution in [0.4, 0.5) is 5.82 Å². The number of carbonyl (C=O) groups is 1. The topological polar surface area (TPSA) is 55.3 Å². The van der Waals surface area contributed by atoms with Gasteiger partial charge in [-0.2, -0.15) is 0 Å². The van der Waals surface area contributed by atoms with Crippen LogP contribution in [0.15, 0.2) is 54.6 Å². The van der Waals surface area contributed by atoms with Crippen molar-refractivity contribution >= 4 is 34.8 Å². The van der Waals surface area contributed by atoms with Gasteiger partial charge < -0.3 is 9.64 Å². The maximum Gasteiger partial charge on any atom is 0.170 e. The van der Waals surface area contributed by atoms with E-state index in [0.717, 1.165) is 30.2 Å². The van der Waals surface area contributed by atoms with E-state index in [2.05, 4.69) is 15.1 Å². The Hall–Kier alpha value is -2.63. The predicted molar refractivity (Wildman–Crippen MR) is 118 cm³/mol. The lowest BCUT2D eigenvalue weighted by atomic mass is 9.82. The van der Waals surface area contributed by atoms with Crippen LogP contribution in [-0.2, 0) is 0 Å². The van der Waals surface area contributed by atoms with Gasteiger partial charge in [0, 0.05) is 36.5 Å². The molecule has 30 heavy (non-hydrogen) atoms. The monoisotopic (exact) mass is 439 g/mol. The molecule has 2 aromatic carbocycles. The molecular weight excluding hydrogens is 421 g/mol. The lowest BCUT2D eigenvalue weighted by Gasteiger charge is -2.44. The second-order valence-corrected chi connectivity index (χ2v) is 8.62. The zero-order chi connectivity index (χ0) is 20.7. The van der Waals surface area contributed by atoms with Crippen LogP contribution in [0.2, 0.25) is 10.0 Å². The number of carbonyl (C=O) groups excluding carboxylic acids is 1. The van der Waals surface area contributed by atoms with Crippen molar-refractivity contribution in [2.45, 2.75) is 24.9 Å². The number of benzene rings is 2. The second kappa shape index (κ2) is 7.56. The lowest BCUT2D eigenvalue weighted by Crippen LogP contribution is -2.51. The van der Waals surface area contributed by atoms with Crippen molar-refractivity contribution in [3.05, 3.63) is 70.2 Å². The van der Waals surface area contributed by atoms with Gasteiger partial charge in [-0.15, -0.1) is 10.2 Å². The molecule has 0 aliphatic carbocycles. The van der Waals surface area contributed by atoms with Crippen molar-refractivity contribution in [2.75, 3.05) is 18.0 Å². The van der Waals surface area contributed by atoms with Gasteiger partial charge in [-0.3, -0.25) is 4.79 Å². The quantitative estimate of drug-likeness (QED) is 0.530. The minimum atomic E-state index is -0.532. The highest BCUT2D eigenvalue weighted by Crippen LogP contribution is 2.44. The van der Waals surface area contributed by atoms with Crippen molar-refractivity contribution in [3.8, 4) is 17.0 Å². The van der Waals surface area contributed by atoms with Crippen molar-refractivity contribution in [2.24, 2.45) is 0 Å². The third-order valence-electron chi connectivity index (χ3n) is 5.83. The van der Waals surface area contributed by atoms with Crippen LogP contribution < -0.4 is 9.64 Å². The third-order valence-corrected chi connectivity index (χ3v) is 6.33. The first-order chi connectivity index (χ1) is 14.5. The number of aromatic nitrogens is 2. The molecule has 5 nitrogen and oxygen atoms in total. The number of piperidine rings is 1. The largest absolute Gasteiger partial charge is 0.484 e. The van der Waals surface area contributed by atoms with E-state index in [0.29, 0.717) is 40.6 Å². The van der Waals surface area contributed by atoms with Crippen LogP contribution >= 0.6 is 23.2 Å². The number of rotatable bonds is 2. The van der Waals surface area contributed by atoms with Gasteiger partial charge in [0.2, 0.25) is 0 Å². The molecule has 1 aromatic heterocycles. The molecule has 0 saturated carbocycles. The maximum atomic E-state index is 12.8. The van der Waals surface area contributed by atoms with E-state index in [1.54, 1.807) is 12.1 Å². The molecule has 0 atom stereocenters. The minimum absolute atomic E-state index is 0.0288. The summed E-state index contributed by atoms with van der Waals surface area (Å²) in [5.41, 5.74) is 1.83. The maximum absolute atomic E-state index is 12.8. The number of fused-ring (bicyclic) bond motifs is 1. The Morgan fingerprint density at radius 2 is 1.73 bits per heavy atom. The normalized spacial score (nSPS) is 17.5. The molecule has 1 fully saturated rings. The van der Waals surface area contributed by atoms with Gasteiger partial charge in [0.25, 0.3) is 0 Å². The molecule has 0 N–H and O–H groups in total. The molecule has 1 saturated heterocycles. The molecule has 1 spiro atoms. The molecule has 7 heteroatoms. The Labute approximate surface area is 184 Å². The summed E-state index contributed by atoms with van der Waals surface area (Å²) in [7, 11) is 0. The van der Waals surface area contributed by atoms with Gasteiger partial charge in [-0.05, 0) is 24.3 Å².